The van der Waals surface area contributed by atoms with Gasteiger partial charge in [-0.15, -0.1) is 0 Å². The highest BCUT2D eigenvalue weighted by atomic mass is 32.2. The fourth-order valence-electron chi connectivity index (χ4n) is 3.24. The smallest absolute Gasteiger partial charge is 0.255 e. The Bertz CT molecular complexity index is 945. The highest BCUT2D eigenvalue weighted by Crippen LogP contribution is 2.22. The van der Waals surface area contributed by atoms with Crippen LogP contribution in [0.4, 0.5) is 4.39 Å². The van der Waals surface area contributed by atoms with Crippen LogP contribution in [0.15, 0.2) is 47.6 Å². The lowest BCUT2D eigenvalue weighted by molar-refractivity contribution is 0.0691. The average molecular weight is 421 g/mol. The van der Waals surface area contributed by atoms with Crippen molar-refractivity contribution < 1.29 is 22.3 Å². The quantitative estimate of drug-likeness (QED) is 0.742. The Morgan fingerprint density at radius 1 is 1.31 bits per heavy atom. The van der Waals surface area contributed by atoms with E-state index in [1.54, 1.807) is 36.4 Å². The maximum atomic E-state index is 14.0. The van der Waals surface area contributed by atoms with Crippen molar-refractivity contribution in [3.8, 4) is 5.75 Å². The minimum Gasteiger partial charge on any atom is -0.491 e. The molecule has 1 fully saturated rings. The lowest BCUT2D eigenvalue weighted by Crippen LogP contribution is -2.41. The zero-order valence-corrected chi connectivity index (χ0v) is 17.0. The molecule has 0 bridgehead atoms. The van der Waals surface area contributed by atoms with Gasteiger partial charge in [-0.1, -0.05) is 0 Å². The van der Waals surface area contributed by atoms with Crippen LogP contribution in [0.25, 0.3) is 0 Å². The van der Waals surface area contributed by atoms with E-state index in [9.17, 15) is 17.6 Å². The molecule has 0 atom stereocenters. The van der Waals surface area contributed by atoms with Crippen molar-refractivity contribution in [2.75, 3.05) is 26.2 Å². The Labute approximate surface area is 169 Å². The summed E-state index contributed by atoms with van der Waals surface area (Å²) in [5, 5.41) is 0. The zero-order valence-electron chi connectivity index (χ0n) is 16.2. The standard InChI is InChI=1S/C20H24FN3O4S/c1-2-28-19-6-5-17(12-18(19)21)29(26,27)23-13-15-7-10-24(11-8-15)20(25)16-4-3-9-22-14-16/h3-6,9,12,14-15,23H,2,7-8,10-11,13H2,1H3. The number of sulfonamides is 1. The van der Waals surface area contributed by atoms with Crippen LogP contribution in [-0.4, -0.2) is 50.5 Å². The van der Waals surface area contributed by atoms with Crippen molar-refractivity contribution >= 4 is 15.9 Å². The molecule has 1 amide bonds. The molecule has 7 nitrogen and oxygen atoms in total. The van der Waals surface area contributed by atoms with Crippen LogP contribution in [0.1, 0.15) is 30.1 Å². The number of halogens is 1. The Hall–Kier alpha value is -2.52. The Balaban J connectivity index is 1.53. The van der Waals surface area contributed by atoms with Gasteiger partial charge in [0.2, 0.25) is 10.0 Å². The number of hydrogen-bond donors (Lipinski definition) is 1. The first-order chi connectivity index (χ1) is 13.9. The van der Waals surface area contributed by atoms with E-state index in [0.717, 1.165) is 6.07 Å². The third-order valence-corrected chi connectivity index (χ3v) is 6.31. The van der Waals surface area contributed by atoms with Gasteiger partial charge in [-0.25, -0.2) is 17.5 Å². The summed E-state index contributed by atoms with van der Waals surface area (Å²) in [6.07, 6.45) is 4.53. The third-order valence-electron chi connectivity index (χ3n) is 4.89. The number of hydrogen-bond acceptors (Lipinski definition) is 5. The van der Waals surface area contributed by atoms with Crippen LogP contribution < -0.4 is 9.46 Å². The summed E-state index contributed by atoms with van der Waals surface area (Å²) >= 11 is 0. The molecule has 0 spiro atoms. The number of nitrogens with one attached hydrogen (secondary N) is 1. The van der Waals surface area contributed by atoms with Gasteiger partial charge in [-0.3, -0.25) is 9.78 Å². The highest BCUT2D eigenvalue weighted by molar-refractivity contribution is 7.89. The fourth-order valence-corrected chi connectivity index (χ4v) is 4.37. The molecule has 9 heteroatoms. The predicted molar refractivity (Wildman–Crippen MR) is 106 cm³/mol. The van der Waals surface area contributed by atoms with E-state index >= 15 is 0 Å². The van der Waals surface area contributed by atoms with Gasteiger partial charge >= 0.3 is 0 Å². The van der Waals surface area contributed by atoms with Crippen LogP contribution >= 0.6 is 0 Å². The summed E-state index contributed by atoms with van der Waals surface area (Å²) in [5.41, 5.74) is 0.546. The lowest BCUT2D eigenvalue weighted by atomic mass is 9.97. The molecule has 2 aromatic rings. The maximum Gasteiger partial charge on any atom is 0.255 e. The number of nitrogens with zero attached hydrogens (tertiary/aromatic N) is 2. The first-order valence-electron chi connectivity index (χ1n) is 9.52. The van der Waals surface area contributed by atoms with Crippen LogP contribution in [-0.2, 0) is 10.0 Å². The van der Waals surface area contributed by atoms with Crippen molar-refractivity contribution in [1.82, 2.24) is 14.6 Å². The molecule has 1 aliphatic heterocycles. The van der Waals surface area contributed by atoms with Gasteiger partial charge in [0.05, 0.1) is 17.1 Å². The molecule has 2 heterocycles. The number of aromatic nitrogens is 1. The molecule has 0 unspecified atom stereocenters. The number of ether oxygens (including phenoxy) is 1. The monoisotopic (exact) mass is 421 g/mol. The largest absolute Gasteiger partial charge is 0.491 e. The number of amides is 1. The first kappa shape index (κ1) is 21.2. The molecule has 1 saturated heterocycles. The maximum absolute atomic E-state index is 14.0. The van der Waals surface area contributed by atoms with Crippen LogP contribution in [0.5, 0.6) is 5.75 Å². The van der Waals surface area contributed by atoms with Crippen molar-refractivity contribution in [3.05, 3.63) is 54.1 Å². The molecule has 3 rings (SSSR count). The molecular weight excluding hydrogens is 397 g/mol. The number of pyridine rings is 1. The van der Waals surface area contributed by atoms with E-state index in [-0.39, 0.29) is 29.0 Å². The molecule has 1 aliphatic rings. The molecule has 29 heavy (non-hydrogen) atoms. The van der Waals surface area contributed by atoms with Gasteiger partial charge in [0.1, 0.15) is 0 Å². The summed E-state index contributed by atoms with van der Waals surface area (Å²) in [6, 6.07) is 7.05. The molecule has 1 N–H and O–H groups in total. The topological polar surface area (TPSA) is 88.6 Å². The number of carbonyl (C=O) groups is 1. The van der Waals surface area contributed by atoms with E-state index in [0.29, 0.717) is 38.1 Å². The lowest BCUT2D eigenvalue weighted by Gasteiger charge is -2.32. The SMILES string of the molecule is CCOc1ccc(S(=O)(=O)NCC2CCN(C(=O)c3cccnc3)CC2)cc1F. The summed E-state index contributed by atoms with van der Waals surface area (Å²) in [5.74, 6) is -0.647. The van der Waals surface area contributed by atoms with E-state index in [1.165, 1.54) is 12.1 Å². The fraction of sp³-hybridized carbons (Fsp3) is 0.400. The normalized spacial score (nSPS) is 15.3. The van der Waals surface area contributed by atoms with Gasteiger partial charge in [0.15, 0.2) is 11.6 Å². The minimum absolute atomic E-state index is 0.0251. The van der Waals surface area contributed by atoms with Crippen molar-refractivity contribution in [2.45, 2.75) is 24.7 Å². The molecule has 156 valence electrons. The van der Waals surface area contributed by atoms with Gasteiger partial charge in [0, 0.05) is 32.0 Å². The molecule has 0 aliphatic carbocycles. The van der Waals surface area contributed by atoms with E-state index in [1.807, 2.05) is 0 Å². The van der Waals surface area contributed by atoms with Crippen molar-refractivity contribution in [3.63, 3.8) is 0 Å². The summed E-state index contributed by atoms with van der Waals surface area (Å²) in [4.78, 5) is 18.0. The van der Waals surface area contributed by atoms with Gasteiger partial charge in [-0.2, -0.15) is 0 Å². The second-order valence-electron chi connectivity index (χ2n) is 6.85. The number of piperidine rings is 1. The number of carbonyl (C=O) groups excluding carboxylic acids is 1. The van der Waals surface area contributed by atoms with Crippen molar-refractivity contribution in [2.24, 2.45) is 5.92 Å². The zero-order chi connectivity index (χ0) is 20.9. The van der Waals surface area contributed by atoms with Crippen LogP contribution in [0.2, 0.25) is 0 Å². The van der Waals surface area contributed by atoms with E-state index in [2.05, 4.69) is 9.71 Å². The Morgan fingerprint density at radius 2 is 2.07 bits per heavy atom. The minimum atomic E-state index is -3.82. The Morgan fingerprint density at radius 3 is 2.69 bits per heavy atom. The Kier molecular flexibility index (Phi) is 6.81. The summed E-state index contributed by atoms with van der Waals surface area (Å²) in [6.45, 7) is 3.37. The number of benzene rings is 1. The molecule has 1 aromatic carbocycles. The summed E-state index contributed by atoms with van der Waals surface area (Å²) < 4.78 is 46.5. The second-order valence-corrected chi connectivity index (χ2v) is 8.62. The molecular formula is C20H24FN3O4S. The number of likely N-dealkylation sites (tertiary alicyclic amines) is 1. The van der Waals surface area contributed by atoms with Crippen LogP contribution in [0, 0.1) is 11.7 Å². The molecule has 0 saturated carbocycles. The van der Waals surface area contributed by atoms with Crippen LogP contribution in [0.3, 0.4) is 0 Å². The average Bonchev–Trinajstić information content (AvgIpc) is 2.74. The number of rotatable bonds is 7. The second kappa shape index (κ2) is 9.32. The van der Waals surface area contributed by atoms with E-state index in [4.69, 9.17) is 4.74 Å². The first-order valence-corrected chi connectivity index (χ1v) is 11.0. The predicted octanol–water partition coefficient (Wildman–Crippen LogP) is 2.45. The van der Waals surface area contributed by atoms with Crippen molar-refractivity contribution in [1.29, 1.82) is 0 Å². The third kappa shape index (κ3) is 5.30. The van der Waals surface area contributed by atoms with Gasteiger partial charge in [-0.05, 0) is 56.0 Å². The van der Waals surface area contributed by atoms with Gasteiger partial charge in [0.25, 0.3) is 5.91 Å². The molecule has 1 aromatic heterocycles. The highest BCUT2D eigenvalue weighted by Gasteiger charge is 2.25. The van der Waals surface area contributed by atoms with E-state index < -0.39 is 15.8 Å². The molecule has 0 radical (unpaired) electrons. The van der Waals surface area contributed by atoms with Gasteiger partial charge < -0.3 is 9.64 Å². The summed E-state index contributed by atoms with van der Waals surface area (Å²) in [7, 11) is -3.82.